The lowest BCUT2D eigenvalue weighted by Gasteiger charge is -2.11. The number of fused-ring (bicyclic) bond motifs is 2. The minimum absolute atomic E-state index is 0.412. The highest BCUT2D eigenvalue weighted by molar-refractivity contribution is 6.62. The Labute approximate surface area is 155 Å². The van der Waals surface area contributed by atoms with Crippen LogP contribution in [-0.4, -0.2) is 14.2 Å². The van der Waals surface area contributed by atoms with E-state index in [0.29, 0.717) is 0 Å². The van der Waals surface area contributed by atoms with Crippen molar-refractivity contribution in [1.82, 2.24) is 0 Å². The van der Waals surface area contributed by atoms with Gasteiger partial charge in [-0.1, -0.05) is 56.9 Å². The topological polar surface area (TPSA) is 36.9 Å². The molecule has 0 atom stereocenters. The third-order valence-corrected chi connectivity index (χ3v) is 4.62. The minimum Gasteiger partial charge on any atom is -0.520 e. The van der Waals surface area contributed by atoms with Crippen LogP contribution in [0.3, 0.4) is 0 Å². The second kappa shape index (κ2) is 7.81. The van der Waals surface area contributed by atoms with Gasteiger partial charge in [0.15, 0.2) is 0 Å². The molecular weight excluding hydrogens is 326 g/mol. The number of benzene rings is 2. The Morgan fingerprint density at radius 2 is 1.31 bits per heavy atom. The van der Waals surface area contributed by atoms with E-state index in [-0.39, 0.29) is 0 Å². The first-order valence-corrected chi connectivity index (χ1v) is 9.39. The zero-order valence-electron chi connectivity index (χ0n) is 15.0. The summed E-state index contributed by atoms with van der Waals surface area (Å²) in [6.45, 7) is 2.22. The maximum atomic E-state index is 6.01. The van der Waals surface area contributed by atoms with E-state index >= 15 is 0 Å². The van der Waals surface area contributed by atoms with Crippen LogP contribution in [0.2, 0.25) is 0 Å². The Hall–Kier alpha value is -2.49. The molecule has 0 radical (unpaired) electrons. The number of para-hydroxylation sites is 4. The third kappa shape index (κ3) is 3.69. The average Bonchev–Trinajstić information content (AvgIpc) is 3.27. The Morgan fingerprint density at radius 3 is 1.85 bits per heavy atom. The number of hydrogen-bond acceptors (Lipinski definition) is 4. The zero-order valence-corrected chi connectivity index (χ0v) is 15.0. The first-order valence-electron chi connectivity index (χ1n) is 9.39. The Kier molecular flexibility index (Phi) is 5.09. The van der Waals surface area contributed by atoms with Gasteiger partial charge in [-0.3, -0.25) is 0 Å². The molecule has 2 aliphatic heterocycles. The summed E-state index contributed by atoms with van der Waals surface area (Å²) in [4.78, 5) is 0. The molecule has 4 rings (SSSR count). The first kappa shape index (κ1) is 17.0. The highest BCUT2D eigenvalue weighted by Gasteiger charge is 2.39. The lowest BCUT2D eigenvalue weighted by atomic mass is 9.69. The van der Waals surface area contributed by atoms with E-state index < -0.39 is 14.2 Å². The molecule has 2 aromatic rings. The summed E-state index contributed by atoms with van der Waals surface area (Å²) in [5, 5.41) is 0. The molecule has 0 fully saturated rings. The number of rotatable bonds is 7. The molecule has 4 nitrogen and oxygen atoms in total. The van der Waals surface area contributed by atoms with E-state index in [1.165, 1.54) is 19.3 Å². The van der Waals surface area contributed by atoms with Gasteiger partial charge < -0.3 is 18.6 Å². The molecule has 0 spiro atoms. The van der Waals surface area contributed by atoms with Crippen LogP contribution in [0, 0.1) is 0 Å². The Balaban J connectivity index is 1.48. The molecule has 0 bridgehead atoms. The van der Waals surface area contributed by atoms with Gasteiger partial charge in [0.1, 0.15) is 23.0 Å². The van der Waals surface area contributed by atoms with Crippen LogP contribution < -0.4 is 18.6 Å². The molecule has 0 N–H and O–H groups in total. The fourth-order valence-electron chi connectivity index (χ4n) is 3.25. The number of allylic oxidation sites excluding steroid dienone is 1. The monoisotopic (exact) mass is 348 g/mol. The summed E-state index contributed by atoms with van der Waals surface area (Å²) < 4.78 is 23.8. The van der Waals surface area contributed by atoms with Crippen molar-refractivity contribution in [2.24, 2.45) is 0 Å². The fraction of sp³-hybridized carbons (Fsp3) is 0.300. The number of unbranched alkanes of at least 4 members (excludes halogenated alkanes) is 3. The molecule has 0 aromatic heterocycles. The van der Waals surface area contributed by atoms with E-state index in [1.54, 1.807) is 0 Å². The van der Waals surface area contributed by atoms with Crippen LogP contribution in [0.1, 0.15) is 39.0 Å². The lowest BCUT2D eigenvalue weighted by Crippen LogP contribution is -2.31. The Bertz CT molecular complexity index is 743. The quantitative estimate of drug-likeness (QED) is 0.528. The summed E-state index contributed by atoms with van der Waals surface area (Å²) in [6.07, 6.45) is 5.64. The van der Waals surface area contributed by atoms with Crippen molar-refractivity contribution < 1.29 is 18.6 Å². The van der Waals surface area contributed by atoms with Gasteiger partial charge in [0.05, 0.1) is 0 Å². The van der Waals surface area contributed by atoms with Crippen LogP contribution in [0.4, 0.5) is 0 Å². The molecule has 0 aliphatic carbocycles. The lowest BCUT2D eigenvalue weighted by molar-refractivity contribution is 0.500. The smallest absolute Gasteiger partial charge is 0.520 e. The molecular formula is C20H22B2O4. The van der Waals surface area contributed by atoms with Crippen LogP contribution >= 0.6 is 0 Å². The molecule has 132 valence electrons. The molecule has 26 heavy (non-hydrogen) atoms. The summed E-state index contributed by atoms with van der Waals surface area (Å²) >= 11 is 0. The second-order valence-corrected chi connectivity index (χ2v) is 6.62. The predicted molar refractivity (Wildman–Crippen MR) is 104 cm³/mol. The van der Waals surface area contributed by atoms with Crippen molar-refractivity contribution in [3.8, 4) is 23.0 Å². The van der Waals surface area contributed by atoms with Gasteiger partial charge in [0.2, 0.25) is 0 Å². The van der Waals surface area contributed by atoms with E-state index in [1.807, 2.05) is 54.5 Å². The summed E-state index contributed by atoms with van der Waals surface area (Å²) in [6, 6.07) is 15.5. The molecule has 2 aromatic carbocycles. The SMILES string of the molecule is CCCCCC/C(=C/B1Oc2ccccc2O1)B1Oc2ccccc2O1. The van der Waals surface area contributed by atoms with Gasteiger partial charge in [-0.15, -0.1) is 0 Å². The van der Waals surface area contributed by atoms with Crippen molar-refractivity contribution in [3.05, 3.63) is 60.0 Å². The van der Waals surface area contributed by atoms with Crippen molar-refractivity contribution in [2.45, 2.75) is 39.0 Å². The highest BCUT2D eigenvalue weighted by atomic mass is 16.6. The van der Waals surface area contributed by atoms with Gasteiger partial charge in [-0.05, 0) is 42.1 Å². The molecule has 0 saturated carbocycles. The molecule has 2 aliphatic rings. The standard InChI is InChI=1S/C20H22B2O4/c1-2-3-4-5-10-16(22-25-19-13-8-9-14-20(19)26-22)15-21-23-17-11-6-7-12-18(17)24-21/h6-9,11-15H,2-5,10H2,1H3/b16-15-. The van der Waals surface area contributed by atoms with Gasteiger partial charge in [0, 0.05) is 0 Å². The van der Waals surface area contributed by atoms with E-state index in [9.17, 15) is 0 Å². The van der Waals surface area contributed by atoms with Gasteiger partial charge in [0.25, 0.3) is 0 Å². The van der Waals surface area contributed by atoms with E-state index in [4.69, 9.17) is 18.6 Å². The van der Waals surface area contributed by atoms with Crippen molar-refractivity contribution in [2.75, 3.05) is 0 Å². The fourth-order valence-corrected chi connectivity index (χ4v) is 3.25. The van der Waals surface area contributed by atoms with Crippen LogP contribution in [0.25, 0.3) is 0 Å². The maximum Gasteiger partial charge on any atom is 0.627 e. The van der Waals surface area contributed by atoms with E-state index in [2.05, 4.69) is 6.92 Å². The van der Waals surface area contributed by atoms with Crippen LogP contribution in [0.5, 0.6) is 23.0 Å². The summed E-state index contributed by atoms with van der Waals surface area (Å²) in [5.74, 6) is 5.12. The Morgan fingerprint density at radius 1 is 0.769 bits per heavy atom. The van der Waals surface area contributed by atoms with Crippen LogP contribution in [-0.2, 0) is 0 Å². The van der Waals surface area contributed by atoms with Crippen molar-refractivity contribution in [3.63, 3.8) is 0 Å². The molecule has 0 amide bonds. The maximum absolute atomic E-state index is 6.01. The molecule has 0 unspecified atom stereocenters. The zero-order chi connectivity index (χ0) is 17.8. The highest BCUT2D eigenvalue weighted by Crippen LogP contribution is 2.37. The van der Waals surface area contributed by atoms with E-state index in [0.717, 1.165) is 41.3 Å². The van der Waals surface area contributed by atoms with Gasteiger partial charge in [-0.2, -0.15) is 0 Å². The predicted octanol–water partition coefficient (Wildman–Crippen LogP) is 4.88. The van der Waals surface area contributed by atoms with Gasteiger partial charge >= 0.3 is 14.2 Å². The first-order chi connectivity index (χ1) is 12.8. The molecule has 0 saturated heterocycles. The van der Waals surface area contributed by atoms with Crippen molar-refractivity contribution >= 4 is 14.2 Å². The van der Waals surface area contributed by atoms with Crippen LogP contribution in [0.15, 0.2) is 60.0 Å². The number of hydrogen-bond donors (Lipinski definition) is 0. The van der Waals surface area contributed by atoms with Gasteiger partial charge in [-0.25, -0.2) is 0 Å². The average molecular weight is 348 g/mol. The summed E-state index contributed by atoms with van der Waals surface area (Å²) in [5.41, 5.74) is 1.06. The largest absolute Gasteiger partial charge is 0.627 e. The molecule has 6 heteroatoms. The second-order valence-electron chi connectivity index (χ2n) is 6.62. The molecule has 2 heterocycles. The summed E-state index contributed by atoms with van der Waals surface area (Å²) in [7, 11) is -0.852. The third-order valence-electron chi connectivity index (χ3n) is 4.62. The van der Waals surface area contributed by atoms with Crippen molar-refractivity contribution in [1.29, 1.82) is 0 Å². The normalized spacial score (nSPS) is 14.9. The minimum atomic E-state index is -0.440.